The lowest BCUT2D eigenvalue weighted by Crippen LogP contribution is -1.93. The molecule has 11 aromatic rings. The molecule has 0 saturated carbocycles. The minimum atomic E-state index is 1.22. The fourth-order valence-electron chi connectivity index (χ4n) is 8.91. The minimum absolute atomic E-state index is 1.22. The van der Waals surface area contributed by atoms with Gasteiger partial charge < -0.3 is 0 Å². The van der Waals surface area contributed by atoms with E-state index in [-0.39, 0.29) is 0 Å². The average molecular weight is 657 g/mol. The molecule has 0 aliphatic carbocycles. The van der Waals surface area contributed by atoms with Gasteiger partial charge in [-0.2, -0.15) is 0 Å². The molecule has 0 heteroatoms. The molecule has 0 N–H and O–H groups in total. The van der Waals surface area contributed by atoms with Crippen LogP contribution in [0, 0.1) is 0 Å². The van der Waals surface area contributed by atoms with Crippen LogP contribution in [0.3, 0.4) is 0 Å². The molecule has 240 valence electrons. The predicted molar refractivity (Wildman–Crippen MR) is 225 cm³/mol. The van der Waals surface area contributed by atoms with Gasteiger partial charge >= 0.3 is 0 Å². The molecule has 0 saturated heterocycles. The summed E-state index contributed by atoms with van der Waals surface area (Å²) in [6, 6.07) is 71.9. The highest BCUT2D eigenvalue weighted by Crippen LogP contribution is 2.48. The third-order valence-electron chi connectivity index (χ3n) is 11.2. The minimum Gasteiger partial charge on any atom is -0.0616 e. The summed E-state index contributed by atoms with van der Waals surface area (Å²) in [6.07, 6.45) is 0. The van der Waals surface area contributed by atoms with Gasteiger partial charge in [0.15, 0.2) is 0 Å². The van der Waals surface area contributed by atoms with Crippen molar-refractivity contribution in [3.05, 3.63) is 194 Å². The molecule has 0 amide bonds. The van der Waals surface area contributed by atoms with Crippen molar-refractivity contribution >= 4 is 75.4 Å². The lowest BCUT2D eigenvalue weighted by molar-refractivity contribution is 1.67. The quantitative estimate of drug-likeness (QED) is 0.131. The monoisotopic (exact) mass is 656 g/mol. The van der Waals surface area contributed by atoms with Crippen LogP contribution in [0.1, 0.15) is 0 Å². The molecule has 11 rings (SSSR count). The van der Waals surface area contributed by atoms with Crippen LogP contribution in [0.25, 0.3) is 109 Å². The van der Waals surface area contributed by atoms with Crippen LogP contribution >= 0.6 is 0 Å². The number of benzene rings is 11. The fraction of sp³-hybridized carbons (Fsp3) is 0. The Labute approximate surface area is 301 Å². The van der Waals surface area contributed by atoms with Gasteiger partial charge in [-0.15, -0.1) is 0 Å². The topological polar surface area (TPSA) is 0 Å². The second-order valence-corrected chi connectivity index (χ2v) is 14.0. The van der Waals surface area contributed by atoms with E-state index in [9.17, 15) is 0 Å². The van der Waals surface area contributed by atoms with Crippen molar-refractivity contribution in [1.82, 2.24) is 0 Å². The van der Waals surface area contributed by atoms with Crippen molar-refractivity contribution in [2.45, 2.75) is 0 Å². The third kappa shape index (κ3) is 4.28. The lowest BCUT2D eigenvalue weighted by atomic mass is 9.82. The van der Waals surface area contributed by atoms with Gasteiger partial charge in [0, 0.05) is 0 Å². The highest BCUT2D eigenvalue weighted by molar-refractivity contribution is 6.27. The van der Waals surface area contributed by atoms with E-state index < -0.39 is 0 Å². The largest absolute Gasteiger partial charge is 0.0616 e. The van der Waals surface area contributed by atoms with Gasteiger partial charge in [0.05, 0.1) is 0 Å². The number of hydrogen-bond donors (Lipinski definition) is 0. The molecule has 0 spiro atoms. The van der Waals surface area contributed by atoms with E-state index in [0.29, 0.717) is 0 Å². The Kier molecular flexibility index (Phi) is 6.35. The first-order valence-electron chi connectivity index (χ1n) is 18.1. The van der Waals surface area contributed by atoms with E-state index in [4.69, 9.17) is 0 Å². The summed E-state index contributed by atoms with van der Waals surface area (Å²) in [6.45, 7) is 0. The second-order valence-electron chi connectivity index (χ2n) is 14.0. The average Bonchev–Trinajstić information content (AvgIpc) is 3.22. The highest BCUT2D eigenvalue weighted by atomic mass is 14.2. The maximum absolute atomic E-state index is 2.46. The van der Waals surface area contributed by atoms with Crippen molar-refractivity contribution in [3.8, 4) is 33.4 Å². The van der Waals surface area contributed by atoms with Gasteiger partial charge in [-0.05, 0) is 121 Å². The molecule has 52 heavy (non-hydrogen) atoms. The zero-order valence-corrected chi connectivity index (χ0v) is 28.5. The van der Waals surface area contributed by atoms with Gasteiger partial charge in [0.1, 0.15) is 0 Å². The van der Waals surface area contributed by atoms with Gasteiger partial charge in [0.2, 0.25) is 0 Å². The fourth-order valence-corrected chi connectivity index (χ4v) is 8.91. The van der Waals surface area contributed by atoms with E-state index in [2.05, 4.69) is 194 Å². The number of hydrogen-bond acceptors (Lipinski definition) is 0. The number of rotatable bonds is 3. The zero-order valence-electron chi connectivity index (χ0n) is 28.5. The Hall–Kier alpha value is -6.76. The van der Waals surface area contributed by atoms with Gasteiger partial charge in [-0.1, -0.05) is 182 Å². The first-order valence-corrected chi connectivity index (χ1v) is 18.1. The summed E-state index contributed by atoms with van der Waals surface area (Å²) < 4.78 is 0. The molecule has 11 aromatic carbocycles. The summed E-state index contributed by atoms with van der Waals surface area (Å²) in [5.41, 5.74) is 7.53. The second kappa shape index (κ2) is 11.4. The van der Waals surface area contributed by atoms with Gasteiger partial charge in [0.25, 0.3) is 0 Å². The van der Waals surface area contributed by atoms with Crippen molar-refractivity contribution in [1.29, 1.82) is 0 Å². The van der Waals surface area contributed by atoms with Gasteiger partial charge in [-0.25, -0.2) is 0 Å². The van der Waals surface area contributed by atoms with Crippen LogP contribution < -0.4 is 0 Å². The summed E-state index contributed by atoms with van der Waals surface area (Å²) in [4.78, 5) is 0. The third-order valence-corrected chi connectivity index (χ3v) is 11.2. The highest BCUT2D eigenvalue weighted by Gasteiger charge is 2.20. The van der Waals surface area contributed by atoms with Crippen LogP contribution in [-0.4, -0.2) is 0 Å². The molecular formula is C52H32. The Morgan fingerprint density at radius 3 is 1.04 bits per heavy atom. The Morgan fingerprint density at radius 1 is 0.192 bits per heavy atom. The zero-order chi connectivity index (χ0) is 34.2. The standard InChI is InChI=1S/C52H32/c1-3-17-37-33(13-1)15-11-25-44(37)51-46-23-9-10-24-47(46)52(45-26-12-16-34-14-2-4-18-38(34)45)50-32-36(28-30-48(50)51)35-27-29-43-41-21-6-5-19-39(41)40-20-7-8-22-42(40)49(43)31-35/h1-32H. The first-order chi connectivity index (χ1) is 25.8. The molecule has 0 radical (unpaired) electrons. The molecule has 0 bridgehead atoms. The first kappa shape index (κ1) is 29.0. The molecule has 0 aliphatic heterocycles. The SMILES string of the molecule is c1ccc2c(-c3c4ccccc4c(-c4cccc5ccccc45)c4cc(-c5ccc6c7ccccc7c7ccccc7c6c5)ccc34)cccc2c1. The molecule has 0 nitrogen and oxygen atoms in total. The van der Waals surface area contributed by atoms with E-state index in [1.165, 1.54) is 109 Å². The lowest BCUT2D eigenvalue weighted by Gasteiger charge is -2.20. The van der Waals surface area contributed by atoms with Crippen LogP contribution in [0.5, 0.6) is 0 Å². The van der Waals surface area contributed by atoms with E-state index in [0.717, 1.165) is 0 Å². The maximum Gasteiger partial charge on any atom is -0.00199 e. The number of fused-ring (bicyclic) bond motifs is 10. The molecule has 0 heterocycles. The predicted octanol–water partition coefficient (Wildman–Crippen LogP) is 14.8. The van der Waals surface area contributed by atoms with E-state index in [1.54, 1.807) is 0 Å². The van der Waals surface area contributed by atoms with E-state index >= 15 is 0 Å². The Balaban J connectivity index is 1.27. The Bertz CT molecular complexity index is 3190. The van der Waals surface area contributed by atoms with Crippen molar-refractivity contribution in [3.63, 3.8) is 0 Å². The normalized spacial score (nSPS) is 11.8. The molecular weight excluding hydrogens is 625 g/mol. The van der Waals surface area contributed by atoms with Gasteiger partial charge in [-0.3, -0.25) is 0 Å². The summed E-state index contributed by atoms with van der Waals surface area (Å²) in [7, 11) is 0. The molecule has 0 aliphatic rings. The van der Waals surface area contributed by atoms with Crippen LogP contribution in [0.2, 0.25) is 0 Å². The molecule has 0 atom stereocenters. The van der Waals surface area contributed by atoms with Crippen LogP contribution in [0.4, 0.5) is 0 Å². The van der Waals surface area contributed by atoms with Crippen LogP contribution in [-0.2, 0) is 0 Å². The smallest absolute Gasteiger partial charge is 0.00199 e. The molecule has 0 unspecified atom stereocenters. The molecule has 0 aromatic heterocycles. The summed E-state index contributed by atoms with van der Waals surface area (Å²) in [5, 5.41) is 17.9. The van der Waals surface area contributed by atoms with E-state index in [1.807, 2.05) is 0 Å². The summed E-state index contributed by atoms with van der Waals surface area (Å²) in [5.74, 6) is 0. The Morgan fingerprint density at radius 2 is 0.519 bits per heavy atom. The maximum atomic E-state index is 2.46. The van der Waals surface area contributed by atoms with Crippen molar-refractivity contribution < 1.29 is 0 Å². The summed E-state index contributed by atoms with van der Waals surface area (Å²) >= 11 is 0. The van der Waals surface area contributed by atoms with Crippen molar-refractivity contribution in [2.24, 2.45) is 0 Å². The van der Waals surface area contributed by atoms with Crippen LogP contribution in [0.15, 0.2) is 194 Å². The molecule has 0 fully saturated rings. The van der Waals surface area contributed by atoms with Crippen molar-refractivity contribution in [2.75, 3.05) is 0 Å².